The van der Waals surface area contributed by atoms with E-state index in [4.69, 9.17) is 0 Å². The Hall–Kier alpha value is -1.07. The molecular weight excluding hydrogens is 252 g/mol. The molecule has 0 saturated heterocycles. The molecule has 17 heavy (non-hydrogen) atoms. The summed E-state index contributed by atoms with van der Waals surface area (Å²) >= 11 is 3.10. The van der Waals surface area contributed by atoms with Crippen molar-refractivity contribution in [1.82, 2.24) is 9.55 Å². The van der Waals surface area contributed by atoms with Crippen LogP contribution in [-0.4, -0.2) is 15.8 Å². The quantitative estimate of drug-likeness (QED) is 0.485. The van der Waals surface area contributed by atoms with Crippen LogP contribution in [0, 0.1) is 0 Å². The molecule has 0 fully saturated rings. The van der Waals surface area contributed by atoms with Crippen molar-refractivity contribution >= 4 is 33.3 Å². The van der Waals surface area contributed by atoms with Crippen molar-refractivity contribution in [3.8, 4) is 0 Å². The van der Waals surface area contributed by atoms with Crippen molar-refractivity contribution in [3.05, 3.63) is 34.0 Å². The molecule has 0 amide bonds. The number of thiophene rings is 1. The van der Waals surface area contributed by atoms with Crippen molar-refractivity contribution in [1.29, 1.82) is 0 Å². The average Bonchev–Trinajstić information content (AvgIpc) is 2.76. The van der Waals surface area contributed by atoms with Crippen LogP contribution in [0.25, 0.3) is 10.2 Å². The molecule has 0 bridgehead atoms. The minimum Gasteiger partial charge on any atom is -0.283 e. The molecule has 0 atom stereocenters. The molecule has 2 rings (SSSR count). The highest BCUT2D eigenvalue weighted by molar-refractivity contribution is 7.98. The second kappa shape index (κ2) is 5.06. The van der Waals surface area contributed by atoms with Crippen LogP contribution >= 0.6 is 23.1 Å². The van der Waals surface area contributed by atoms with Crippen LogP contribution in [0.4, 0.5) is 0 Å². The van der Waals surface area contributed by atoms with Gasteiger partial charge in [-0.1, -0.05) is 24.8 Å². The number of aryl methyl sites for hydroxylation is 1. The molecule has 2 aromatic rings. The van der Waals surface area contributed by atoms with Gasteiger partial charge >= 0.3 is 0 Å². The maximum Gasteiger partial charge on any atom is 0.263 e. The molecule has 0 radical (unpaired) electrons. The predicted molar refractivity (Wildman–Crippen MR) is 75.2 cm³/mol. The molecule has 2 heterocycles. The molecule has 0 aliphatic rings. The van der Waals surface area contributed by atoms with Crippen LogP contribution < -0.4 is 5.56 Å². The van der Waals surface area contributed by atoms with Crippen molar-refractivity contribution in [3.63, 3.8) is 0 Å². The van der Waals surface area contributed by atoms with Gasteiger partial charge < -0.3 is 0 Å². The lowest BCUT2D eigenvalue weighted by Gasteiger charge is -2.07. The molecule has 0 aliphatic carbocycles. The summed E-state index contributed by atoms with van der Waals surface area (Å²) < 4.78 is 1.67. The van der Waals surface area contributed by atoms with E-state index in [2.05, 4.69) is 18.5 Å². The molecule has 0 N–H and O–H groups in total. The van der Waals surface area contributed by atoms with Gasteiger partial charge in [-0.3, -0.25) is 9.36 Å². The highest BCUT2D eigenvalue weighted by atomic mass is 32.2. The minimum absolute atomic E-state index is 0.0372. The Morgan fingerprint density at radius 1 is 1.65 bits per heavy atom. The first-order valence-corrected chi connectivity index (χ1v) is 7.43. The van der Waals surface area contributed by atoms with Crippen molar-refractivity contribution in [2.75, 3.05) is 6.26 Å². The molecule has 0 spiro atoms. The summed E-state index contributed by atoms with van der Waals surface area (Å²) in [5.74, 6) is 0. The van der Waals surface area contributed by atoms with Crippen LogP contribution in [0.15, 0.2) is 28.7 Å². The molecular formula is C12H14N2OS2. The molecule has 5 heteroatoms. The van der Waals surface area contributed by atoms with E-state index in [0.717, 1.165) is 21.8 Å². The van der Waals surface area contributed by atoms with E-state index >= 15 is 0 Å². The second-order valence-electron chi connectivity index (χ2n) is 3.59. The minimum atomic E-state index is 0.0372. The van der Waals surface area contributed by atoms with E-state index in [1.165, 1.54) is 16.6 Å². The fraction of sp³-hybridized carbons (Fsp3) is 0.333. The fourth-order valence-corrected chi connectivity index (χ4v) is 3.24. The maximum absolute atomic E-state index is 12.3. The number of thioether (sulfide) groups is 1. The van der Waals surface area contributed by atoms with Crippen molar-refractivity contribution < 1.29 is 0 Å². The summed E-state index contributed by atoms with van der Waals surface area (Å²) in [6.07, 6.45) is 4.60. The number of nitrogens with zero attached hydrogens (tertiary/aromatic N) is 2. The SMILES string of the molecule is C=CCn1c(SC)nc2sc(CC)cc2c1=O. The lowest BCUT2D eigenvalue weighted by atomic mass is 10.3. The predicted octanol–water partition coefficient (Wildman–Crippen LogP) is 2.93. The van der Waals surface area contributed by atoms with Crippen LogP contribution in [0.2, 0.25) is 0 Å². The van der Waals surface area contributed by atoms with Gasteiger partial charge in [-0.05, 0) is 18.7 Å². The monoisotopic (exact) mass is 266 g/mol. The zero-order valence-electron chi connectivity index (χ0n) is 9.90. The number of hydrogen-bond donors (Lipinski definition) is 0. The first-order chi connectivity index (χ1) is 8.21. The van der Waals surface area contributed by atoms with Crippen molar-refractivity contribution in [2.24, 2.45) is 0 Å². The van der Waals surface area contributed by atoms with E-state index in [0.29, 0.717) is 6.54 Å². The third-order valence-electron chi connectivity index (χ3n) is 2.51. The highest BCUT2D eigenvalue weighted by Crippen LogP contribution is 2.24. The summed E-state index contributed by atoms with van der Waals surface area (Å²) in [4.78, 5) is 18.9. The summed E-state index contributed by atoms with van der Waals surface area (Å²) in [6.45, 7) is 6.27. The van der Waals surface area contributed by atoms with Gasteiger partial charge in [0.1, 0.15) is 4.83 Å². The third kappa shape index (κ3) is 2.17. The molecule has 0 saturated carbocycles. The number of hydrogen-bond acceptors (Lipinski definition) is 4. The number of aromatic nitrogens is 2. The number of allylic oxidation sites excluding steroid dienone is 1. The topological polar surface area (TPSA) is 34.9 Å². The first-order valence-electron chi connectivity index (χ1n) is 5.39. The maximum atomic E-state index is 12.3. The zero-order valence-corrected chi connectivity index (χ0v) is 11.5. The summed E-state index contributed by atoms with van der Waals surface area (Å²) in [5.41, 5.74) is 0.0372. The Labute approximate surface area is 108 Å². The van der Waals surface area contributed by atoms with E-state index < -0.39 is 0 Å². The first kappa shape index (κ1) is 12.4. The highest BCUT2D eigenvalue weighted by Gasteiger charge is 2.12. The number of fused-ring (bicyclic) bond motifs is 1. The van der Waals surface area contributed by atoms with Crippen LogP contribution in [0.1, 0.15) is 11.8 Å². The molecule has 90 valence electrons. The fourth-order valence-electron chi connectivity index (χ4n) is 1.67. The van der Waals surface area contributed by atoms with E-state index in [9.17, 15) is 4.79 Å². The summed E-state index contributed by atoms with van der Waals surface area (Å²) in [5, 5.41) is 1.48. The lowest BCUT2D eigenvalue weighted by molar-refractivity contribution is 0.674. The molecule has 3 nitrogen and oxygen atoms in total. The molecule has 0 aliphatic heterocycles. The Kier molecular flexibility index (Phi) is 3.69. The second-order valence-corrected chi connectivity index (χ2v) is 5.48. The summed E-state index contributed by atoms with van der Waals surface area (Å²) in [7, 11) is 0. The van der Waals surface area contributed by atoms with Gasteiger partial charge in [0.05, 0.1) is 5.39 Å². The molecule has 0 unspecified atom stereocenters. The van der Waals surface area contributed by atoms with Crippen LogP contribution in [0.5, 0.6) is 0 Å². The lowest BCUT2D eigenvalue weighted by Crippen LogP contribution is -2.21. The van der Waals surface area contributed by atoms with Gasteiger partial charge in [-0.2, -0.15) is 0 Å². The molecule has 2 aromatic heterocycles. The molecule has 0 aromatic carbocycles. The van der Waals surface area contributed by atoms with Gasteiger partial charge in [0.25, 0.3) is 5.56 Å². The van der Waals surface area contributed by atoms with Crippen LogP contribution in [-0.2, 0) is 13.0 Å². The van der Waals surface area contributed by atoms with Crippen LogP contribution in [0.3, 0.4) is 0 Å². The Morgan fingerprint density at radius 3 is 3.00 bits per heavy atom. The largest absolute Gasteiger partial charge is 0.283 e. The van der Waals surface area contributed by atoms with E-state index in [1.54, 1.807) is 22.0 Å². The van der Waals surface area contributed by atoms with Gasteiger partial charge in [-0.15, -0.1) is 17.9 Å². The Morgan fingerprint density at radius 2 is 2.41 bits per heavy atom. The van der Waals surface area contributed by atoms with Gasteiger partial charge in [0, 0.05) is 11.4 Å². The summed E-state index contributed by atoms with van der Waals surface area (Å²) in [6, 6.07) is 1.96. The van der Waals surface area contributed by atoms with Gasteiger partial charge in [0.15, 0.2) is 5.16 Å². The standard InChI is InChI=1S/C12H14N2OS2/c1-4-6-14-11(15)9-7-8(5-2)17-10(9)13-12(14)16-3/h4,7H,1,5-6H2,2-3H3. The van der Waals surface area contributed by atoms with E-state index in [-0.39, 0.29) is 5.56 Å². The Balaban J connectivity index is 2.75. The third-order valence-corrected chi connectivity index (χ3v) is 4.36. The van der Waals surface area contributed by atoms with E-state index in [1.807, 2.05) is 12.3 Å². The normalized spacial score (nSPS) is 10.9. The van der Waals surface area contributed by atoms with Crippen molar-refractivity contribution in [2.45, 2.75) is 25.0 Å². The number of rotatable bonds is 4. The van der Waals surface area contributed by atoms with Gasteiger partial charge in [-0.25, -0.2) is 4.98 Å². The Bertz CT molecular complexity index is 613. The van der Waals surface area contributed by atoms with Gasteiger partial charge in [0.2, 0.25) is 0 Å². The zero-order chi connectivity index (χ0) is 12.4. The smallest absolute Gasteiger partial charge is 0.263 e. The average molecular weight is 266 g/mol.